The van der Waals surface area contributed by atoms with Crippen LogP contribution >= 0.6 is 0 Å². The van der Waals surface area contributed by atoms with Gasteiger partial charge in [0.2, 0.25) is 0 Å². The minimum atomic E-state index is -0.436. The van der Waals surface area contributed by atoms with Gasteiger partial charge in [0.25, 0.3) is 0 Å². The topological polar surface area (TPSA) is 50.8 Å². The Morgan fingerprint density at radius 2 is 1.83 bits per heavy atom. The number of anilines is 1. The highest BCUT2D eigenvalue weighted by Crippen LogP contribution is 2.30. The van der Waals surface area contributed by atoms with Crippen LogP contribution in [0.2, 0.25) is 0 Å². The smallest absolute Gasteiger partial charge is 0.411 e. The van der Waals surface area contributed by atoms with Gasteiger partial charge in [-0.25, -0.2) is 4.79 Å². The fraction of sp³-hybridized carbons (Fsp3) is 0.632. The Balaban J connectivity index is 2.66. The molecular formula is C19H32N2O3. The Hall–Kier alpha value is -1.75. The molecule has 0 atom stereocenters. The van der Waals surface area contributed by atoms with Gasteiger partial charge in [0.05, 0.1) is 12.3 Å². The normalized spacial score (nSPS) is 10.8. The van der Waals surface area contributed by atoms with Crippen LogP contribution in [0.1, 0.15) is 44.7 Å². The number of ether oxygens (including phenoxy) is 2. The molecule has 24 heavy (non-hydrogen) atoms. The molecule has 0 unspecified atom stereocenters. The van der Waals surface area contributed by atoms with Gasteiger partial charge in [-0.15, -0.1) is 0 Å². The number of rotatable bonds is 10. The van der Waals surface area contributed by atoms with Gasteiger partial charge in [-0.2, -0.15) is 0 Å². The molecule has 1 aromatic rings. The Kier molecular flexibility index (Phi) is 9.23. The zero-order chi connectivity index (χ0) is 17.9. The zero-order valence-electron chi connectivity index (χ0n) is 15.8. The number of unbranched alkanes of at least 4 members (excludes halogenated alkanes) is 1. The minimum absolute atomic E-state index is 0.379. The SMILES string of the molecule is CCCCOc1cc(C)cc(C)c1NC(=O)OCCN(CC)CC. The second-order valence-corrected chi connectivity index (χ2v) is 5.94. The van der Waals surface area contributed by atoms with E-state index in [4.69, 9.17) is 9.47 Å². The van der Waals surface area contributed by atoms with Crippen molar-refractivity contribution < 1.29 is 14.3 Å². The Morgan fingerprint density at radius 3 is 2.46 bits per heavy atom. The van der Waals surface area contributed by atoms with Gasteiger partial charge >= 0.3 is 6.09 Å². The lowest BCUT2D eigenvalue weighted by Crippen LogP contribution is -2.28. The van der Waals surface area contributed by atoms with Crippen LogP contribution in [-0.2, 0) is 4.74 Å². The van der Waals surface area contributed by atoms with Crippen molar-refractivity contribution in [3.05, 3.63) is 23.3 Å². The van der Waals surface area contributed by atoms with E-state index < -0.39 is 6.09 Å². The predicted molar refractivity (Wildman–Crippen MR) is 99.1 cm³/mol. The number of amides is 1. The standard InChI is InChI=1S/C19H32N2O3/c1-6-9-11-23-17-14-15(4)13-16(5)18(17)20-19(22)24-12-10-21(7-2)8-3/h13-14H,6-12H2,1-5H3,(H,20,22). The van der Waals surface area contributed by atoms with Gasteiger partial charge in [-0.3, -0.25) is 5.32 Å². The number of aryl methyl sites for hydroxylation is 2. The molecule has 1 amide bonds. The molecule has 0 bridgehead atoms. The summed E-state index contributed by atoms with van der Waals surface area (Å²) in [5, 5.41) is 2.84. The molecule has 0 saturated heterocycles. The molecule has 1 rings (SSSR count). The molecule has 0 radical (unpaired) electrons. The summed E-state index contributed by atoms with van der Waals surface area (Å²) >= 11 is 0. The molecule has 0 aromatic heterocycles. The number of carbonyl (C=O) groups excluding carboxylic acids is 1. The number of carbonyl (C=O) groups is 1. The summed E-state index contributed by atoms with van der Waals surface area (Å²) in [5.74, 6) is 0.710. The van der Waals surface area contributed by atoms with E-state index in [1.54, 1.807) is 0 Å². The zero-order valence-corrected chi connectivity index (χ0v) is 15.8. The number of nitrogens with zero attached hydrogens (tertiary/aromatic N) is 1. The number of likely N-dealkylation sites (N-methyl/N-ethyl adjacent to an activating group) is 1. The first-order valence-corrected chi connectivity index (χ1v) is 8.91. The summed E-state index contributed by atoms with van der Waals surface area (Å²) in [6.07, 6.45) is 1.62. The van der Waals surface area contributed by atoms with Crippen molar-refractivity contribution in [2.75, 3.05) is 38.2 Å². The molecule has 0 spiro atoms. The maximum atomic E-state index is 12.1. The molecule has 1 N–H and O–H groups in total. The summed E-state index contributed by atoms with van der Waals surface area (Å²) in [6.45, 7) is 14.0. The molecule has 0 aliphatic carbocycles. The van der Waals surface area contributed by atoms with E-state index in [2.05, 4.69) is 31.0 Å². The van der Waals surface area contributed by atoms with Crippen molar-refractivity contribution in [1.82, 2.24) is 4.90 Å². The molecule has 0 aliphatic heterocycles. The van der Waals surface area contributed by atoms with E-state index in [1.807, 2.05) is 26.0 Å². The first kappa shape index (κ1) is 20.3. The van der Waals surface area contributed by atoms with Gasteiger partial charge in [-0.05, 0) is 50.6 Å². The van der Waals surface area contributed by atoms with Gasteiger partial charge < -0.3 is 14.4 Å². The van der Waals surface area contributed by atoms with Crippen molar-refractivity contribution in [2.24, 2.45) is 0 Å². The Bertz CT molecular complexity index is 514. The highest BCUT2D eigenvalue weighted by molar-refractivity contribution is 5.88. The van der Waals surface area contributed by atoms with Crippen molar-refractivity contribution in [1.29, 1.82) is 0 Å². The molecular weight excluding hydrogens is 304 g/mol. The fourth-order valence-electron chi connectivity index (χ4n) is 2.47. The molecule has 0 aliphatic rings. The third-order valence-electron chi connectivity index (χ3n) is 3.96. The maximum Gasteiger partial charge on any atom is 0.411 e. The number of hydrogen-bond donors (Lipinski definition) is 1. The molecule has 136 valence electrons. The largest absolute Gasteiger partial charge is 0.491 e. The van der Waals surface area contributed by atoms with Crippen LogP contribution in [0, 0.1) is 13.8 Å². The quantitative estimate of drug-likeness (QED) is 0.645. The van der Waals surface area contributed by atoms with Crippen molar-refractivity contribution >= 4 is 11.8 Å². The summed E-state index contributed by atoms with van der Waals surface area (Å²) in [6, 6.07) is 3.98. The van der Waals surface area contributed by atoms with Crippen molar-refractivity contribution in [2.45, 2.75) is 47.5 Å². The highest BCUT2D eigenvalue weighted by atomic mass is 16.5. The summed E-state index contributed by atoms with van der Waals surface area (Å²) in [5.41, 5.74) is 2.78. The van der Waals surface area contributed by atoms with E-state index >= 15 is 0 Å². The molecule has 5 nitrogen and oxygen atoms in total. The van der Waals surface area contributed by atoms with E-state index in [0.29, 0.717) is 24.7 Å². The summed E-state index contributed by atoms with van der Waals surface area (Å²) < 4.78 is 11.1. The summed E-state index contributed by atoms with van der Waals surface area (Å²) in [7, 11) is 0. The minimum Gasteiger partial charge on any atom is -0.491 e. The predicted octanol–water partition coefficient (Wildman–Crippen LogP) is 4.37. The molecule has 0 fully saturated rings. The molecule has 0 saturated carbocycles. The van der Waals surface area contributed by atoms with E-state index in [1.165, 1.54) is 0 Å². The molecule has 1 aromatic carbocycles. The molecule has 0 heterocycles. The van der Waals surface area contributed by atoms with Gasteiger partial charge in [0.1, 0.15) is 12.4 Å². The van der Waals surface area contributed by atoms with E-state index in [0.717, 1.165) is 43.6 Å². The molecule has 5 heteroatoms. The number of nitrogens with one attached hydrogen (secondary N) is 1. The lowest BCUT2D eigenvalue weighted by Gasteiger charge is -2.19. The van der Waals surface area contributed by atoms with Crippen LogP contribution in [0.25, 0.3) is 0 Å². The average Bonchev–Trinajstić information content (AvgIpc) is 2.55. The third-order valence-corrected chi connectivity index (χ3v) is 3.96. The fourth-order valence-corrected chi connectivity index (χ4v) is 2.47. The first-order chi connectivity index (χ1) is 11.5. The van der Waals surface area contributed by atoms with Gasteiger partial charge in [0, 0.05) is 6.54 Å². The van der Waals surface area contributed by atoms with Crippen LogP contribution in [0.15, 0.2) is 12.1 Å². The summed E-state index contributed by atoms with van der Waals surface area (Å²) in [4.78, 5) is 14.3. The Morgan fingerprint density at radius 1 is 1.12 bits per heavy atom. The maximum absolute atomic E-state index is 12.1. The number of hydrogen-bond acceptors (Lipinski definition) is 4. The van der Waals surface area contributed by atoms with E-state index in [9.17, 15) is 4.79 Å². The highest BCUT2D eigenvalue weighted by Gasteiger charge is 2.13. The second kappa shape index (κ2) is 10.9. The van der Waals surface area contributed by atoms with Crippen LogP contribution < -0.4 is 10.1 Å². The van der Waals surface area contributed by atoms with Crippen LogP contribution in [0.3, 0.4) is 0 Å². The monoisotopic (exact) mass is 336 g/mol. The van der Waals surface area contributed by atoms with Crippen molar-refractivity contribution in [3.63, 3.8) is 0 Å². The average molecular weight is 336 g/mol. The third kappa shape index (κ3) is 6.79. The number of benzene rings is 1. The van der Waals surface area contributed by atoms with Gasteiger partial charge in [-0.1, -0.05) is 33.3 Å². The first-order valence-electron chi connectivity index (χ1n) is 8.91. The second-order valence-electron chi connectivity index (χ2n) is 5.94. The van der Waals surface area contributed by atoms with E-state index in [-0.39, 0.29) is 0 Å². The van der Waals surface area contributed by atoms with Crippen LogP contribution in [0.4, 0.5) is 10.5 Å². The van der Waals surface area contributed by atoms with Gasteiger partial charge in [0.15, 0.2) is 0 Å². The van der Waals surface area contributed by atoms with Crippen molar-refractivity contribution in [3.8, 4) is 5.75 Å². The lowest BCUT2D eigenvalue weighted by atomic mass is 10.1. The van der Waals surface area contributed by atoms with Crippen LogP contribution in [-0.4, -0.2) is 43.8 Å². The van der Waals surface area contributed by atoms with Crippen LogP contribution in [0.5, 0.6) is 5.75 Å². The Labute approximate surface area is 146 Å². The lowest BCUT2D eigenvalue weighted by molar-refractivity contribution is 0.142.